The van der Waals surface area contributed by atoms with Crippen LogP contribution in [0, 0.1) is 5.92 Å². The van der Waals surface area contributed by atoms with Gasteiger partial charge < -0.3 is 10.5 Å². The van der Waals surface area contributed by atoms with Crippen molar-refractivity contribution in [2.45, 2.75) is 40.0 Å². The predicted octanol–water partition coefficient (Wildman–Crippen LogP) is 2.44. The predicted molar refractivity (Wildman–Crippen MR) is 65.4 cm³/mol. The largest absolute Gasteiger partial charge is 0.478 e. The minimum Gasteiger partial charge on any atom is -0.478 e. The van der Waals surface area contributed by atoms with Gasteiger partial charge in [0.05, 0.1) is 6.61 Å². The van der Waals surface area contributed by atoms with E-state index in [4.69, 9.17) is 10.5 Å². The van der Waals surface area contributed by atoms with Crippen molar-refractivity contribution >= 4 is 5.82 Å². The number of hydrogen-bond donors (Lipinski definition) is 1. The first kappa shape index (κ1) is 12.7. The quantitative estimate of drug-likeness (QED) is 0.752. The Balaban J connectivity index is 2.65. The molecule has 4 nitrogen and oxygen atoms in total. The number of ether oxygens (including phenoxy) is 1. The van der Waals surface area contributed by atoms with Gasteiger partial charge in [-0.2, -0.15) is 4.98 Å². The molecular formula is C12H21N3O. The fourth-order valence-corrected chi connectivity index (χ4v) is 1.34. The van der Waals surface area contributed by atoms with Crippen LogP contribution in [0.5, 0.6) is 5.88 Å². The Hall–Kier alpha value is -1.32. The number of nitrogen functional groups attached to an aromatic ring is 1. The monoisotopic (exact) mass is 223 g/mol. The average molecular weight is 223 g/mol. The number of unbranched alkanes of at least 4 members (excludes halogenated alkanes) is 1. The maximum Gasteiger partial charge on any atom is 0.218 e. The van der Waals surface area contributed by atoms with Crippen molar-refractivity contribution in [1.29, 1.82) is 0 Å². The van der Waals surface area contributed by atoms with Crippen LogP contribution in [0.15, 0.2) is 6.07 Å². The molecule has 4 heteroatoms. The molecule has 0 amide bonds. The molecule has 0 spiro atoms. The molecule has 0 fully saturated rings. The number of nitrogens with zero attached hydrogens (tertiary/aromatic N) is 2. The third kappa shape index (κ3) is 4.47. The van der Waals surface area contributed by atoms with E-state index in [0.29, 0.717) is 24.2 Å². The van der Waals surface area contributed by atoms with E-state index in [-0.39, 0.29) is 0 Å². The Kier molecular flexibility index (Phi) is 5.02. The normalized spacial score (nSPS) is 10.8. The van der Waals surface area contributed by atoms with Crippen LogP contribution in [-0.2, 0) is 6.42 Å². The zero-order chi connectivity index (χ0) is 12.0. The summed E-state index contributed by atoms with van der Waals surface area (Å²) in [6.07, 6.45) is 2.97. The first-order valence-electron chi connectivity index (χ1n) is 5.88. The lowest BCUT2D eigenvalue weighted by molar-refractivity contribution is 0.296. The van der Waals surface area contributed by atoms with Crippen LogP contribution < -0.4 is 10.5 Å². The van der Waals surface area contributed by atoms with Gasteiger partial charge in [-0.25, -0.2) is 4.98 Å². The number of hydrogen-bond acceptors (Lipinski definition) is 4. The van der Waals surface area contributed by atoms with Crippen LogP contribution >= 0.6 is 0 Å². The summed E-state index contributed by atoms with van der Waals surface area (Å²) in [6, 6.07) is 1.68. The Bertz CT molecular complexity index is 326. The van der Waals surface area contributed by atoms with Gasteiger partial charge in [-0.05, 0) is 12.3 Å². The first-order chi connectivity index (χ1) is 7.61. The molecule has 0 unspecified atom stereocenters. The van der Waals surface area contributed by atoms with Crippen molar-refractivity contribution in [2.24, 2.45) is 5.92 Å². The minimum atomic E-state index is 0.483. The van der Waals surface area contributed by atoms with E-state index in [2.05, 4.69) is 30.7 Å². The zero-order valence-electron chi connectivity index (χ0n) is 10.4. The SMILES string of the molecule is CCCCOc1cc(N)nc(CC(C)C)n1. The fourth-order valence-electron chi connectivity index (χ4n) is 1.34. The van der Waals surface area contributed by atoms with Gasteiger partial charge in [0.15, 0.2) is 0 Å². The van der Waals surface area contributed by atoms with E-state index < -0.39 is 0 Å². The standard InChI is InChI=1S/C12H21N3O/c1-4-5-6-16-12-8-10(13)14-11(15-12)7-9(2)3/h8-9H,4-7H2,1-3H3,(H2,13,14,15). The maximum atomic E-state index is 5.71. The van der Waals surface area contributed by atoms with Crippen LogP contribution in [0.2, 0.25) is 0 Å². The van der Waals surface area contributed by atoms with E-state index in [0.717, 1.165) is 25.1 Å². The summed E-state index contributed by atoms with van der Waals surface area (Å²) >= 11 is 0. The molecule has 1 aromatic heterocycles. The van der Waals surface area contributed by atoms with Crippen molar-refractivity contribution in [2.75, 3.05) is 12.3 Å². The second-order valence-electron chi connectivity index (χ2n) is 4.35. The van der Waals surface area contributed by atoms with Gasteiger partial charge in [-0.15, -0.1) is 0 Å². The van der Waals surface area contributed by atoms with E-state index in [9.17, 15) is 0 Å². The summed E-state index contributed by atoms with van der Waals surface area (Å²) < 4.78 is 5.52. The molecule has 90 valence electrons. The second kappa shape index (κ2) is 6.30. The van der Waals surface area contributed by atoms with Crippen molar-refractivity contribution in [3.8, 4) is 5.88 Å². The summed E-state index contributed by atoms with van der Waals surface area (Å²) in [5, 5.41) is 0. The number of nitrogens with two attached hydrogens (primary N) is 1. The molecule has 1 heterocycles. The van der Waals surface area contributed by atoms with Gasteiger partial charge in [0.2, 0.25) is 5.88 Å². The summed E-state index contributed by atoms with van der Waals surface area (Å²) in [6.45, 7) is 7.07. The molecule has 0 saturated heterocycles. The van der Waals surface area contributed by atoms with Crippen molar-refractivity contribution in [1.82, 2.24) is 9.97 Å². The molecule has 0 aromatic carbocycles. The second-order valence-corrected chi connectivity index (χ2v) is 4.35. The molecule has 0 aliphatic rings. The Morgan fingerprint density at radius 2 is 2.12 bits per heavy atom. The van der Waals surface area contributed by atoms with Crippen LogP contribution in [-0.4, -0.2) is 16.6 Å². The van der Waals surface area contributed by atoms with Crippen LogP contribution in [0.25, 0.3) is 0 Å². The van der Waals surface area contributed by atoms with Crippen LogP contribution in [0.1, 0.15) is 39.4 Å². The Morgan fingerprint density at radius 1 is 1.38 bits per heavy atom. The third-order valence-corrected chi connectivity index (χ3v) is 2.11. The highest BCUT2D eigenvalue weighted by Gasteiger charge is 2.05. The fraction of sp³-hybridized carbons (Fsp3) is 0.667. The summed E-state index contributed by atoms with van der Waals surface area (Å²) in [5.41, 5.74) is 5.71. The molecule has 0 aliphatic carbocycles. The van der Waals surface area contributed by atoms with E-state index >= 15 is 0 Å². The highest BCUT2D eigenvalue weighted by atomic mass is 16.5. The lowest BCUT2D eigenvalue weighted by Crippen LogP contribution is -2.06. The summed E-state index contributed by atoms with van der Waals surface area (Å²) in [7, 11) is 0. The molecule has 0 saturated carbocycles. The van der Waals surface area contributed by atoms with Crippen molar-refractivity contribution in [3.05, 3.63) is 11.9 Å². The number of anilines is 1. The van der Waals surface area contributed by atoms with Gasteiger partial charge in [0.25, 0.3) is 0 Å². The Morgan fingerprint density at radius 3 is 2.75 bits per heavy atom. The van der Waals surface area contributed by atoms with Gasteiger partial charge >= 0.3 is 0 Å². The summed E-state index contributed by atoms with van der Waals surface area (Å²) in [5.74, 6) is 2.36. The molecule has 16 heavy (non-hydrogen) atoms. The minimum absolute atomic E-state index is 0.483. The van der Waals surface area contributed by atoms with Crippen molar-refractivity contribution < 1.29 is 4.74 Å². The topological polar surface area (TPSA) is 61.0 Å². The maximum absolute atomic E-state index is 5.71. The van der Waals surface area contributed by atoms with Crippen molar-refractivity contribution in [3.63, 3.8) is 0 Å². The molecular weight excluding hydrogens is 202 g/mol. The first-order valence-corrected chi connectivity index (χ1v) is 5.88. The van der Waals surface area contributed by atoms with Crippen LogP contribution in [0.3, 0.4) is 0 Å². The molecule has 0 bridgehead atoms. The molecule has 0 radical (unpaired) electrons. The Labute approximate surface area is 97.2 Å². The highest BCUT2D eigenvalue weighted by molar-refractivity contribution is 5.32. The third-order valence-electron chi connectivity index (χ3n) is 2.11. The van der Waals surface area contributed by atoms with E-state index in [1.54, 1.807) is 6.07 Å². The lowest BCUT2D eigenvalue weighted by atomic mass is 10.1. The van der Waals surface area contributed by atoms with Gasteiger partial charge in [0.1, 0.15) is 11.6 Å². The molecule has 1 aromatic rings. The van der Waals surface area contributed by atoms with E-state index in [1.807, 2.05) is 0 Å². The molecule has 2 N–H and O–H groups in total. The zero-order valence-corrected chi connectivity index (χ0v) is 10.4. The van der Waals surface area contributed by atoms with Gasteiger partial charge in [-0.1, -0.05) is 27.2 Å². The van der Waals surface area contributed by atoms with E-state index in [1.165, 1.54) is 0 Å². The average Bonchev–Trinajstić information content (AvgIpc) is 2.16. The molecule has 1 rings (SSSR count). The smallest absolute Gasteiger partial charge is 0.218 e. The summed E-state index contributed by atoms with van der Waals surface area (Å²) in [4.78, 5) is 8.52. The van der Waals surface area contributed by atoms with Crippen LogP contribution in [0.4, 0.5) is 5.82 Å². The highest BCUT2D eigenvalue weighted by Crippen LogP contribution is 2.13. The number of aromatic nitrogens is 2. The lowest BCUT2D eigenvalue weighted by Gasteiger charge is -2.08. The van der Waals surface area contributed by atoms with Gasteiger partial charge in [0, 0.05) is 12.5 Å². The number of rotatable bonds is 6. The molecule has 0 atom stereocenters. The molecule has 0 aliphatic heterocycles. The van der Waals surface area contributed by atoms with Gasteiger partial charge in [-0.3, -0.25) is 0 Å².